The molecular formula is C12H22N2O4. The molecule has 0 aromatic rings. The number of hydrogen-bond donors (Lipinski definition) is 2. The highest BCUT2D eigenvalue weighted by Crippen LogP contribution is 2.09. The van der Waals surface area contributed by atoms with E-state index in [1.165, 1.54) is 4.90 Å². The van der Waals surface area contributed by atoms with E-state index in [4.69, 9.17) is 5.11 Å². The van der Waals surface area contributed by atoms with E-state index in [2.05, 4.69) is 5.32 Å². The summed E-state index contributed by atoms with van der Waals surface area (Å²) >= 11 is 0. The van der Waals surface area contributed by atoms with Crippen LogP contribution in [0.2, 0.25) is 0 Å². The van der Waals surface area contributed by atoms with Crippen LogP contribution >= 0.6 is 0 Å². The second kappa shape index (κ2) is 8.49. The largest absolute Gasteiger partial charge is 0.481 e. The number of likely N-dealkylation sites (N-methyl/N-ethyl adjacent to an activating group) is 2. The van der Waals surface area contributed by atoms with Crippen molar-refractivity contribution in [2.24, 2.45) is 5.92 Å². The first-order valence-corrected chi connectivity index (χ1v) is 6.16. The lowest BCUT2D eigenvalue weighted by Gasteiger charge is -2.21. The summed E-state index contributed by atoms with van der Waals surface area (Å²) in [7, 11) is 0. The van der Waals surface area contributed by atoms with Gasteiger partial charge in [0, 0.05) is 25.9 Å². The zero-order chi connectivity index (χ0) is 14.1. The molecule has 6 nitrogen and oxygen atoms in total. The van der Waals surface area contributed by atoms with Crippen molar-refractivity contribution in [1.82, 2.24) is 10.2 Å². The number of nitrogens with zero attached hydrogens (tertiary/aromatic N) is 1. The molecule has 0 rings (SSSR count). The van der Waals surface area contributed by atoms with E-state index in [1.54, 1.807) is 13.8 Å². The summed E-state index contributed by atoms with van der Waals surface area (Å²) in [6.45, 7) is 6.31. The molecule has 0 aliphatic rings. The maximum Gasteiger partial charge on any atom is 0.303 e. The summed E-state index contributed by atoms with van der Waals surface area (Å²) in [5.74, 6) is -1.52. The summed E-state index contributed by atoms with van der Waals surface area (Å²) in [5.41, 5.74) is 0. The fourth-order valence-electron chi connectivity index (χ4n) is 1.60. The molecule has 0 fully saturated rings. The molecule has 1 unspecified atom stereocenters. The molecule has 18 heavy (non-hydrogen) atoms. The SMILES string of the molecule is CCNC(=O)CN(CC)C(=O)CC(C)CC(=O)O. The number of nitrogens with one attached hydrogen (secondary N) is 1. The Kier molecular flexibility index (Phi) is 7.74. The van der Waals surface area contributed by atoms with Crippen LogP contribution in [0.4, 0.5) is 0 Å². The van der Waals surface area contributed by atoms with Crippen LogP contribution in [-0.4, -0.2) is 47.4 Å². The van der Waals surface area contributed by atoms with E-state index in [0.717, 1.165) is 0 Å². The number of hydrogen-bond acceptors (Lipinski definition) is 3. The highest BCUT2D eigenvalue weighted by molar-refractivity contribution is 5.85. The third kappa shape index (κ3) is 6.88. The highest BCUT2D eigenvalue weighted by atomic mass is 16.4. The van der Waals surface area contributed by atoms with Crippen molar-refractivity contribution in [3.63, 3.8) is 0 Å². The van der Waals surface area contributed by atoms with Gasteiger partial charge in [-0.1, -0.05) is 6.92 Å². The number of carbonyl (C=O) groups excluding carboxylic acids is 2. The highest BCUT2D eigenvalue weighted by Gasteiger charge is 2.19. The molecule has 0 aromatic heterocycles. The topological polar surface area (TPSA) is 86.7 Å². The van der Waals surface area contributed by atoms with Crippen molar-refractivity contribution < 1.29 is 19.5 Å². The monoisotopic (exact) mass is 258 g/mol. The number of rotatable bonds is 8. The molecule has 0 saturated carbocycles. The summed E-state index contributed by atoms with van der Waals surface area (Å²) in [6.07, 6.45) is 0.115. The Morgan fingerprint density at radius 2 is 1.83 bits per heavy atom. The number of aliphatic carboxylic acids is 1. The normalized spacial score (nSPS) is 11.7. The Morgan fingerprint density at radius 3 is 2.28 bits per heavy atom. The zero-order valence-electron chi connectivity index (χ0n) is 11.2. The van der Waals surface area contributed by atoms with Crippen molar-refractivity contribution in [2.45, 2.75) is 33.6 Å². The van der Waals surface area contributed by atoms with Crippen LogP contribution in [0.15, 0.2) is 0 Å². The second-order valence-corrected chi connectivity index (χ2v) is 4.27. The minimum atomic E-state index is -0.915. The summed E-state index contributed by atoms with van der Waals surface area (Å²) in [4.78, 5) is 35.2. The fraction of sp³-hybridized carbons (Fsp3) is 0.750. The molecule has 0 saturated heterocycles. The van der Waals surface area contributed by atoms with Gasteiger partial charge in [0.2, 0.25) is 11.8 Å². The van der Waals surface area contributed by atoms with Gasteiger partial charge < -0.3 is 15.3 Å². The standard InChI is InChI=1S/C12H22N2O4/c1-4-13-10(15)8-14(5-2)11(16)6-9(3)7-12(17)18/h9H,4-8H2,1-3H3,(H,13,15)(H,17,18). The van der Waals surface area contributed by atoms with Crippen molar-refractivity contribution in [1.29, 1.82) is 0 Å². The van der Waals surface area contributed by atoms with Gasteiger partial charge in [0.05, 0.1) is 6.54 Å². The maximum absolute atomic E-state index is 11.9. The lowest BCUT2D eigenvalue weighted by atomic mass is 10.0. The fourth-order valence-corrected chi connectivity index (χ4v) is 1.60. The van der Waals surface area contributed by atoms with Crippen LogP contribution in [0.5, 0.6) is 0 Å². The molecule has 0 aliphatic heterocycles. The average molecular weight is 258 g/mol. The van der Waals surface area contributed by atoms with Crippen molar-refractivity contribution in [3.8, 4) is 0 Å². The van der Waals surface area contributed by atoms with Crippen LogP contribution in [0.25, 0.3) is 0 Å². The predicted molar refractivity (Wildman–Crippen MR) is 67.0 cm³/mol. The van der Waals surface area contributed by atoms with Crippen molar-refractivity contribution in [2.75, 3.05) is 19.6 Å². The third-order valence-corrected chi connectivity index (χ3v) is 2.49. The quantitative estimate of drug-likeness (QED) is 0.662. The van der Waals surface area contributed by atoms with Gasteiger partial charge in [0.1, 0.15) is 0 Å². The lowest BCUT2D eigenvalue weighted by molar-refractivity contribution is -0.139. The van der Waals surface area contributed by atoms with Gasteiger partial charge >= 0.3 is 5.97 Å². The van der Waals surface area contributed by atoms with Crippen LogP contribution in [-0.2, 0) is 14.4 Å². The predicted octanol–water partition coefficient (Wildman–Crippen LogP) is 0.472. The molecule has 0 heterocycles. The number of amides is 2. The molecule has 104 valence electrons. The first-order chi connectivity index (χ1) is 8.40. The van der Waals surface area contributed by atoms with Gasteiger partial charge in [-0.3, -0.25) is 14.4 Å². The lowest BCUT2D eigenvalue weighted by Crippen LogP contribution is -2.41. The Bertz CT molecular complexity index is 304. The van der Waals surface area contributed by atoms with Crippen molar-refractivity contribution in [3.05, 3.63) is 0 Å². The zero-order valence-corrected chi connectivity index (χ0v) is 11.2. The Labute approximate surface area is 107 Å². The first-order valence-electron chi connectivity index (χ1n) is 6.16. The number of carbonyl (C=O) groups is 3. The van der Waals surface area contributed by atoms with E-state index in [0.29, 0.717) is 13.1 Å². The minimum Gasteiger partial charge on any atom is -0.481 e. The van der Waals surface area contributed by atoms with E-state index in [9.17, 15) is 14.4 Å². The number of carboxylic acid groups (broad SMARTS) is 1. The van der Waals surface area contributed by atoms with E-state index < -0.39 is 5.97 Å². The molecule has 0 bridgehead atoms. The molecule has 2 N–H and O–H groups in total. The molecule has 0 aromatic carbocycles. The Hall–Kier alpha value is -1.59. The van der Waals surface area contributed by atoms with Gasteiger partial charge in [0.15, 0.2) is 0 Å². The Balaban J connectivity index is 4.26. The second-order valence-electron chi connectivity index (χ2n) is 4.27. The first kappa shape index (κ1) is 16.4. The summed E-state index contributed by atoms with van der Waals surface area (Å²) in [5, 5.41) is 11.2. The van der Waals surface area contributed by atoms with Crippen LogP contribution in [0.3, 0.4) is 0 Å². The molecule has 0 aliphatic carbocycles. The van der Waals surface area contributed by atoms with Gasteiger partial charge in [-0.25, -0.2) is 0 Å². The van der Waals surface area contributed by atoms with Gasteiger partial charge in [0.25, 0.3) is 0 Å². The van der Waals surface area contributed by atoms with Crippen LogP contribution in [0, 0.1) is 5.92 Å². The van der Waals surface area contributed by atoms with Gasteiger partial charge in [-0.05, 0) is 19.8 Å². The Morgan fingerprint density at radius 1 is 1.22 bits per heavy atom. The summed E-state index contributed by atoms with van der Waals surface area (Å²) < 4.78 is 0. The van der Waals surface area contributed by atoms with Gasteiger partial charge in [-0.2, -0.15) is 0 Å². The molecule has 0 radical (unpaired) electrons. The molecular weight excluding hydrogens is 236 g/mol. The van der Waals surface area contributed by atoms with Crippen LogP contribution < -0.4 is 5.32 Å². The summed E-state index contributed by atoms with van der Waals surface area (Å²) in [6, 6.07) is 0. The number of carboxylic acids is 1. The smallest absolute Gasteiger partial charge is 0.303 e. The van der Waals surface area contributed by atoms with Crippen LogP contribution in [0.1, 0.15) is 33.6 Å². The molecule has 0 spiro atoms. The van der Waals surface area contributed by atoms with E-state index in [1.807, 2.05) is 6.92 Å². The molecule has 6 heteroatoms. The van der Waals surface area contributed by atoms with E-state index in [-0.39, 0.29) is 37.1 Å². The van der Waals surface area contributed by atoms with E-state index >= 15 is 0 Å². The average Bonchev–Trinajstić information content (AvgIpc) is 2.24. The van der Waals surface area contributed by atoms with Gasteiger partial charge in [-0.15, -0.1) is 0 Å². The minimum absolute atomic E-state index is 0.0307. The maximum atomic E-state index is 11.9. The molecule has 1 atom stereocenters. The van der Waals surface area contributed by atoms with Crippen molar-refractivity contribution >= 4 is 17.8 Å². The molecule has 2 amide bonds. The third-order valence-electron chi connectivity index (χ3n) is 2.49.